The summed E-state index contributed by atoms with van der Waals surface area (Å²) in [5.41, 5.74) is 3.12. The van der Waals surface area contributed by atoms with Crippen molar-refractivity contribution in [1.29, 1.82) is 0 Å². The first-order chi connectivity index (χ1) is 16.2. The number of carbonyl (C=O) groups is 1. The summed E-state index contributed by atoms with van der Waals surface area (Å²) in [7, 11) is 0. The van der Waals surface area contributed by atoms with Gasteiger partial charge in [0.05, 0.1) is 10.8 Å². The lowest BCUT2D eigenvalue weighted by molar-refractivity contribution is -0.116. The van der Waals surface area contributed by atoms with Gasteiger partial charge in [-0.1, -0.05) is 71.9 Å². The molecule has 2 heterocycles. The molecule has 4 aromatic rings. The molecule has 0 N–H and O–H groups in total. The van der Waals surface area contributed by atoms with E-state index in [0.29, 0.717) is 28.3 Å². The Labute approximate surface area is 201 Å². The molecule has 1 aliphatic heterocycles. The lowest BCUT2D eigenvalue weighted by Crippen LogP contribution is -2.30. The molecule has 3 aromatic carbocycles. The first-order valence-electron chi connectivity index (χ1n) is 10.6. The smallest absolute Gasteiger partial charge is 0.237 e. The van der Waals surface area contributed by atoms with Crippen LogP contribution in [0.1, 0.15) is 11.4 Å². The number of aromatic nitrogens is 3. The molecule has 0 spiro atoms. The van der Waals surface area contributed by atoms with Crippen LogP contribution in [0.4, 0.5) is 5.69 Å². The van der Waals surface area contributed by atoms with E-state index in [9.17, 15) is 4.79 Å². The molecule has 0 radical (unpaired) electrons. The van der Waals surface area contributed by atoms with Gasteiger partial charge in [0, 0.05) is 17.9 Å². The molecule has 6 nitrogen and oxygen atoms in total. The van der Waals surface area contributed by atoms with Crippen LogP contribution in [0.15, 0.2) is 84.0 Å². The number of ether oxygens (including phenoxy) is 1. The third-order valence-corrected chi connectivity index (χ3v) is 6.65. The second-order valence-corrected chi connectivity index (χ2v) is 8.85. The number of para-hydroxylation sites is 3. The van der Waals surface area contributed by atoms with Crippen LogP contribution in [-0.2, 0) is 17.8 Å². The van der Waals surface area contributed by atoms with Gasteiger partial charge in [0.25, 0.3) is 0 Å². The van der Waals surface area contributed by atoms with Crippen LogP contribution in [-0.4, -0.2) is 33.0 Å². The predicted molar refractivity (Wildman–Crippen MR) is 130 cm³/mol. The zero-order chi connectivity index (χ0) is 22.6. The molecule has 0 saturated heterocycles. The van der Waals surface area contributed by atoms with Crippen molar-refractivity contribution in [2.24, 2.45) is 0 Å². The van der Waals surface area contributed by atoms with E-state index in [-0.39, 0.29) is 18.3 Å². The lowest BCUT2D eigenvalue weighted by atomic mass is 10.2. The number of halogens is 1. The molecule has 166 valence electrons. The van der Waals surface area contributed by atoms with E-state index in [1.807, 2.05) is 76.2 Å². The first-order valence-corrected chi connectivity index (χ1v) is 11.9. The van der Waals surface area contributed by atoms with Gasteiger partial charge >= 0.3 is 0 Å². The Morgan fingerprint density at radius 1 is 0.970 bits per heavy atom. The number of thioether (sulfide) groups is 1. The maximum Gasteiger partial charge on any atom is 0.237 e. The maximum atomic E-state index is 13.0. The highest BCUT2D eigenvalue weighted by Gasteiger charge is 2.25. The average molecular weight is 477 g/mol. The SMILES string of the molecule is O=C(CSc1nnc(COc2ccccc2Cl)n1-c1ccccc1)N1CCc2ccccc21. The summed E-state index contributed by atoms with van der Waals surface area (Å²) in [4.78, 5) is 14.8. The highest BCUT2D eigenvalue weighted by atomic mass is 35.5. The number of amides is 1. The summed E-state index contributed by atoms with van der Waals surface area (Å²) in [5, 5.41) is 9.89. The van der Waals surface area contributed by atoms with E-state index in [0.717, 1.165) is 17.8 Å². The van der Waals surface area contributed by atoms with E-state index in [4.69, 9.17) is 16.3 Å². The zero-order valence-electron chi connectivity index (χ0n) is 17.7. The van der Waals surface area contributed by atoms with E-state index in [2.05, 4.69) is 16.3 Å². The minimum atomic E-state index is 0.0569. The van der Waals surface area contributed by atoms with Gasteiger partial charge in [-0.3, -0.25) is 9.36 Å². The van der Waals surface area contributed by atoms with Crippen LogP contribution >= 0.6 is 23.4 Å². The minimum absolute atomic E-state index is 0.0569. The standard InChI is InChI=1S/C25H21ClN4O2S/c26-20-11-5-7-13-22(20)32-16-23-27-28-25(30(23)19-9-2-1-3-10-19)33-17-24(31)29-15-14-18-8-4-6-12-21(18)29/h1-13H,14-17H2. The number of hydrogen-bond acceptors (Lipinski definition) is 5. The van der Waals surface area contributed by atoms with E-state index < -0.39 is 0 Å². The van der Waals surface area contributed by atoms with Crippen molar-refractivity contribution in [3.63, 3.8) is 0 Å². The number of nitrogens with zero attached hydrogens (tertiary/aromatic N) is 4. The topological polar surface area (TPSA) is 60.2 Å². The second kappa shape index (κ2) is 9.68. The predicted octanol–water partition coefficient (Wildman–Crippen LogP) is 5.18. The zero-order valence-corrected chi connectivity index (χ0v) is 19.3. The van der Waals surface area contributed by atoms with Crippen LogP contribution in [0, 0.1) is 0 Å². The third kappa shape index (κ3) is 4.60. The van der Waals surface area contributed by atoms with Gasteiger partial charge in [0.1, 0.15) is 12.4 Å². The number of hydrogen-bond donors (Lipinski definition) is 0. The number of benzene rings is 3. The molecular weight excluding hydrogens is 456 g/mol. The Kier molecular flexibility index (Phi) is 6.32. The van der Waals surface area contributed by atoms with Gasteiger partial charge in [-0.25, -0.2) is 0 Å². The van der Waals surface area contributed by atoms with Crippen molar-refractivity contribution in [1.82, 2.24) is 14.8 Å². The fraction of sp³-hybridized carbons (Fsp3) is 0.160. The van der Waals surface area contributed by atoms with Gasteiger partial charge in [0.15, 0.2) is 11.0 Å². The molecule has 0 aliphatic carbocycles. The molecule has 0 saturated carbocycles. The van der Waals surface area contributed by atoms with Gasteiger partial charge in [0.2, 0.25) is 5.91 Å². The molecule has 1 aliphatic rings. The fourth-order valence-electron chi connectivity index (χ4n) is 3.83. The number of anilines is 1. The highest BCUT2D eigenvalue weighted by Crippen LogP contribution is 2.30. The van der Waals surface area contributed by atoms with Crippen LogP contribution in [0.3, 0.4) is 0 Å². The summed E-state index contributed by atoms with van der Waals surface area (Å²) in [6.07, 6.45) is 0.885. The van der Waals surface area contributed by atoms with Crippen LogP contribution in [0.5, 0.6) is 5.75 Å². The Bertz CT molecular complexity index is 1280. The molecule has 0 fully saturated rings. The summed E-state index contributed by atoms with van der Waals surface area (Å²) in [5.74, 6) is 1.54. The molecular formula is C25H21ClN4O2S. The summed E-state index contributed by atoms with van der Waals surface area (Å²) in [6, 6.07) is 25.2. The van der Waals surface area contributed by atoms with Crippen LogP contribution in [0.25, 0.3) is 5.69 Å². The molecule has 33 heavy (non-hydrogen) atoms. The monoisotopic (exact) mass is 476 g/mol. The van der Waals surface area contributed by atoms with Crippen LogP contribution in [0.2, 0.25) is 5.02 Å². The Balaban J connectivity index is 1.35. The summed E-state index contributed by atoms with van der Waals surface area (Å²) >= 11 is 7.59. The number of carbonyl (C=O) groups excluding carboxylic acids is 1. The third-order valence-electron chi connectivity index (χ3n) is 5.42. The first kappa shape index (κ1) is 21.6. The average Bonchev–Trinajstić information content (AvgIpc) is 3.47. The van der Waals surface area contributed by atoms with Crippen molar-refractivity contribution < 1.29 is 9.53 Å². The largest absolute Gasteiger partial charge is 0.484 e. The Morgan fingerprint density at radius 2 is 1.73 bits per heavy atom. The Morgan fingerprint density at radius 3 is 2.58 bits per heavy atom. The molecule has 1 aromatic heterocycles. The minimum Gasteiger partial charge on any atom is -0.484 e. The molecule has 0 atom stereocenters. The van der Waals surface area contributed by atoms with Crippen molar-refractivity contribution in [3.8, 4) is 11.4 Å². The van der Waals surface area contributed by atoms with Crippen molar-refractivity contribution in [2.45, 2.75) is 18.2 Å². The van der Waals surface area contributed by atoms with Gasteiger partial charge < -0.3 is 9.64 Å². The molecule has 5 rings (SSSR count). The van der Waals surface area contributed by atoms with Gasteiger partial charge in [-0.05, 0) is 42.3 Å². The summed E-state index contributed by atoms with van der Waals surface area (Å²) in [6.45, 7) is 0.903. The number of rotatable bonds is 7. The fourth-order valence-corrected chi connectivity index (χ4v) is 4.87. The number of fused-ring (bicyclic) bond motifs is 1. The van der Waals surface area contributed by atoms with E-state index in [1.54, 1.807) is 6.07 Å². The van der Waals surface area contributed by atoms with Crippen molar-refractivity contribution >= 4 is 35.0 Å². The molecule has 0 unspecified atom stereocenters. The van der Waals surface area contributed by atoms with E-state index in [1.165, 1.54) is 17.3 Å². The normalized spacial score (nSPS) is 12.6. The van der Waals surface area contributed by atoms with Crippen molar-refractivity contribution in [3.05, 3.63) is 95.3 Å². The van der Waals surface area contributed by atoms with Gasteiger partial charge in [-0.2, -0.15) is 0 Å². The van der Waals surface area contributed by atoms with Crippen molar-refractivity contribution in [2.75, 3.05) is 17.2 Å². The summed E-state index contributed by atoms with van der Waals surface area (Å²) < 4.78 is 7.83. The quantitative estimate of drug-likeness (QED) is 0.344. The maximum absolute atomic E-state index is 13.0. The lowest BCUT2D eigenvalue weighted by Gasteiger charge is -2.17. The highest BCUT2D eigenvalue weighted by molar-refractivity contribution is 7.99. The second-order valence-electron chi connectivity index (χ2n) is 7.50. The molecule has 1 amide bonds. The van der Waals surface area contributed by atoms with Crippen LogP contribution < -0.4 is 9.64 Å². The van der Waals surface area contributed by atoms with E-state index >= 15 is 0 Å². The molecule has 8 heteroatoms. The van der Waals surface area contributed by atoms with Gasteiger partial charge in [-0.15, -0.1) is 10.2 Å². The molecule has 0 bridgehead atoms. The Hall–Kier alpha value is -3.29.